The molecule has 0 amide bonds. The van der Waals surface area contributed by atoms with Crippen molar-refractivity contribution in [3.8, 4) is 6.07 Å². The summed E-state index contributed by atoms with van der Waals surface area (Å²) in [5, 5.41) is 13.3. The quantitative estimate of drug-likeness (QED) is 0.836. The van der Waals surface area contributed by atoms with Crippen LogP contribution >= 0.6 is 0 Å². The second kappa shape index (κ2) is 6.54. The van der Waals surface area contributed by atoms with Crippen LogP contribution in [0, 0.1) is 11.3 Å². The van der Waals surface area contributed by atoms with Crippen molar-refractivity contribution in [2.45, 2.75) is 69.9 Å². The van der Waals surface area contributed by atoms with E-state index in [0.29, 0.717) is 6.04 Å². The third-order valence-electron chi connectivity index (χ3n) is 4.68. The SMILES string of the molecule is CCN1CCCC(C#N)(NC2CCCCC2)CC1. The van der Waals surface area contributed by atoms with Gasteiger partial charge >= 0.3 is 0 Å². The van der Waals surface area contributed by atoms with Gasteiger partial charge in [-0.15, -0.1) is 0 Å². The summed E-state index contributed by atoms with van der Waals surface area (Å²) in [4.78, 5) is 2.47. The van der Waals surface area contributed by atoms with Gasteiger partial charge in [-0.2, -0.15) is 5.26 Å². The number of hydrogen-bond donors (Lipinski definition) is 1. The second-order valence-corrected chi connectivity index (χ2v) is 5.96. The Hall–Kier alpha value is -0.590. The summed E-state index contributed by atoms with van der Waals surface area (Å²) in [6.45, 7) is 5.56. The monoisotopic (exact) mass is 249 g/mol. The molecule has 1 aliphatic carbocycles. The molecule has 0 bridgehead atoms. The Bertz CT molecular complexity index is 291. The van der Waals surface area contributed by atoms with Crippen LogP contribution in [0.3, 0.4) is 0 Å². The Labute approximate surface area is 112 Å². The Morgan fingerprint density at radius 1 is 1.17 bits per heavy atom. The maximum atomic E-state index is 9.63. The minimum atomic E-state index is -0.244. The van der Waals surface area contributed by atoms with Crippen molar-refractivity contribution in [2.75, 3.05) is 19.6 Å². The van der Waals surface area contributed by atoms with Crippen molar-refractivity contribution < 1.29 is 0 Å². The van der Waals surface area contributed by atoms with Gasteiger partial charge < -0.3 is 4.90 Å². The second-order valence-electron chi connectivity index (χ2n) is 5.96. The molecule has 1 N–H and O–H groups in total. The van der Waals surface area contributed by atoms with Gasteiger partial charge in [-0.25, -0.2) is 0 Å². The van der Waals surface area contributed by atoms with Crippen LogP contribution in [0.4, 0.5) is 0 Å². The molecule has 0 spiro atoms. The van der Waals surface area contributed by atoms with Crippen LogP contribution in [0.15, 0.2) is 0 Å². The average Bonchev–Trinajstić information content (AvgIpc) is 2.63. The molecule has 0 aromatic heterocycles. The molecule has 1 aliphatic heterocycles. The van der Waals surface area contributed by atoms with Gasteiger partial charge in [0.15, 0.2) is 0 Å². The Morgan fingerprint density at radius 2 is 1.94 bits per heavy atom. The fourth-order valence-corrected chi connectivity index (χ4v) is 3.43. The molecule has 102 valence electrons. The van der Waals surface area contributed by atoms with E-state index in [4.69, 9.17) is 0 Å². The minimum absolute atomic E-state index is 0.244. The van der Waals surface area contributed by atoms with Crippen LogP contribution in [0.25, 0.3) is 0 Å². The van der Waals surface area contributed by atoms with Crippen LogP contribution in [0.2, 0.25) is 0 Å². The first-order chi connectivity index (χ1) is 8.78. The minimum Gasteiger partial charge on any atom is -0.304 e. The summed E-state index contributed by atoms with van der Waals surface area (Å²) in [5.41, 5.74) is -0.244. The Balaban J connectivity index is 1.94. The molecule has 2 rings (SSSR count). The highest BCUT2D eigenvalue weighted by Crippen LogP contribution is 2.26. The van der Waals surface area contributed by atoms with E-state index in [1.165, 1.54) is 32.1 Å². The van der Waals surface area contributed by atoms with E-state index in [1.54, 1.807) is 0 Å². The topological polar surface area (TPSA) is 39.1 Å². The predicted octanol–water partition coefficient (Wildman–Crippen LogP) is 2.68. The highest BCUT2D eigenvalue weighted by Gasteiger charge is 2.34. The molecular weight excluding hydrogens is 222 g/mol. The number of nitrogens with zero attached hydrogens (tertiary/aromatic N) is 2. The van der Waals surface area contributed by atoms with E-state index in [9.17, 15) is 5.26 Å². The lowest BCUT2D eigenvalue weighted by molar-refractivity contribution is 0.259. The van der Waals surface area contributed by atoms with Gasteiger partial charge in [-0.3, -0.25) is 5.32 Å². The van der Waals surface area contributed by atoms with E-state index in [-0.39, 0.29) is 5.54 Å². The summed E-state index contributed by atoms with van der Waals surface area (Å²) in [5.74, 6) is 0. The maximum absolute atomic E-state index is 9.63. The van der Waals surface area contributed by atoms with Crippen molar-refractivity contribution in [3.05, 3.63) is 0 Å². The van der Waals surface area contributed by atoms with Gasteiger partial charge in [-0.1, -0.05) is 26.2 Å². The van der Waals surface area contributed by atoms with E-state index in [0.717, 1.165) is 38.9 Å². The summed E-state index contributed by atoms with van der Waals surface area (Å²) < 4.78 is 0. The fraction of sp³-hybridized carbons (Fsp3) is 0.933. The van der Waals surface area contributed by atoms with Gasteiger partial charge in [0, 0.05) is 12.6 Å². The summed E-state index contributed by atoms with van der Waals surface area (Å²) in [7, 11) is 0. The molecule has 1 atom stereocenters. The number of likely N-dealkylation sites (tertiary alicyclic amines) is 1. The van der Waals surface area contributed by atoms with Crippen molar-refractivity contribution in [1.82, 2.24) is 10.2 Å². The van der Waals surface area contributed by atoms with Crippen LogP contribution in [-0.2, 0) is 0 Å². The fourth-order valence-electron chi connectivity index (χ4n) is 3.43. The first-order valence-electron chi connectivity index (χ1n) is 7.69. The highest BCUT2D eigenvalue weighted by atomic mass is 15.1. The lowest BCUT2D eigenvalue weighted by atomic mass is 9.87. The molecule has 0 aromatic carbocycles. The molecule has 1 heterocycles. The molecule has 3 nitrogen and oxygen atoms in total. The summed E-state index contributed by atoms with van der Waals surface area (Å²) >= 11 is 0. The molecule has 18 heavy (non-hydrogen) atoms. The molecule has 1 saturated carbocycles. The lowest BCUT2D eigenvalue weighted by Crippen LogP contribution is -2.50. The summed E-state index contributed by atoms with van der Waals surface area (Å²) in [6, 6.07) is 3.20. The molecular formula is C15H27N3. The first-order valence-corrected chi connectivity index (χ1v) is 7.69. The molecule has 1 saturated heterocycles. The molecule has 0 aromatic rings. The van der Waals surface area contributed by atoms with Crippen LogP contribution < -0.4 is 5.32 Å². The van der Waals surface area contributed by atoms with Crippen LogP contribution in [0.5, 0.6) is 0 Å². The van der Waals surface area contributed by atoms with Gasteiger partial charge in [0.2, 0.25) is 0 Å². The lowest BCUT2D eigenvalue weighted by Gasteiger charge is -2.34. The van der Waals surface area contributed by atoms with Gasteiger partial charge in [-0.05, 0) is 45.2 Å². The Morgan fingerprint density at radius 3 is 2.61 bits per heavy atom. The average molecular weight is 249 g/mol. The molecule has 1 unspecified atom stereocenters. The van der Waals surface area contributed by atoms with Crippen molar-refractivity contribution in [1.29, 1.82) is 5.26 Å². The molecule has 0 radical (unpaired) electrons. The molecule has 3 heteroatoms. The zero-order valence-electron chi connectivity index (χ0n) is 11.7. The smallest absolute Gasteiger partial charge is 0.108 e. The van der Waals surface area contributed by atoms with Crippen LogP contribution in [0.1, 0.15) is 58.3 Å². The van der Waals surface area contributed by atoms with Crippen LogP contribution in [-0.4, -0.2) is 36.1 Å². The van der Waals surface area contributed by atoms with E-state index in [1.807, 2.05) is 0 Å². The van der Waals surface area contributed by atoms with E-state index >= 15 is 0 Å². The highest BCUT2D eigenvalue weighted by molar-refractivity contribution is 5.09. The van der Waals surface area contributed by atoms with Crippen molar-refractivity contribution in [2.24, 2.45) is 0 Å². The standard InChI is InChI=1S/C15H27N3/c1-2-18-11-6-9-15(13-16,10-12-18)17-14-7-4-3-5-8-14/h14,17H,2-12H2,1H3. The van der Waals surface area contributed by atoms with Crippen molar-refractivity contribution in [3.63, 3.8) is 0 Å². The third kappa shape index (κ3) is 3.46. The third-order valence-corrected chi connectivity index (χ3v) is 4.68. The Kier molecular flexibility index (Phi) is 5.03. The number of nitrogens with one attached hydrogen (secondary N) is 1. The zero-order chi connectivity index (χ0) is 12.8. The van der Waals surface area contributed by atoms with E-state index < -0.39 is 0 Å². The molecule has 2 fully saturated rings. The number of nitriles is 1. The largest absolute Gasteiger partial charge is 0.304 e. The predicted molar refractivity (Wildman–Crippen MR) is 74.3 cm³/mol. The number of rotatable bonds is 3. The first kappa shape index (κ1) is 13.8. The van der Waals surface area contributed by atoms with E-state index in [2.05, 4.69) is 23.2 Å². The maximum Gasteiger partial charge on any atom is 0.108 e. The number of hydrogen-bond acceptors (Lipinski definition) is 3. The van der Waals surface area contributed by atoms with Gasteiger partial charge in [0.1, 0.15) is 5.54 Å². The zero-order valence-corrected chi connectivity index (χ0v) is 11.7. The van der Waals surface area contributed by atoms with Gasteiger partial charge in [0.05, 0.1) is 6.07 Å². The molecule has 2 aliphatic rings. The van der Waals surface area contributed by atoms with Crippen molar-refractivity contribution >= 4 is 0 Å². The normalized spacial score (nSPS) is 31.8. The summed E-state index contributed by atoms with van der Waals surface area (Å²) in [6.07, 6.45) is 9.75. The van der Waals surface area contributed by atoms with Gasteiger partial charge in [0.25, 0.3) is 0 Å².